The van der Waals surface area contributed by atoms with Gasteiger partial charge in [0.05, 0.1) is 17.0 Å². The number of hydrogen-bond acceptors (Lipinski definition) is 5. The summed E-state index contributed by atoms with van der Waals surface area (Å²) in [5.74, 6) is -0.655. The minimum absolute atomic E-state index is 0.00978. The summed E-state index contributed by atoms with van der Waals surface area (Å²) in [5, 5.41) is 13.7. The second-order valence-corrected chi connectivity index (χ2v) is 5.56. The summed E-state index contributed by atoms with van der Waals surface area (Å²) < 4.78 is 0. The molecule has 1 unspecified atom stereocenters. The highest BCUT2D eigenvalue weighted by molar-refractivity contribution is 6.23. The Balaban J connectivity index is 1.83. The average molecular weight is 325 g/mol. The highest BCUT2D eigenvalue weighted by atomic mass is 16.6. The Morgan fingerprint density at radius 2 is 1.92 bits per heavy atom. The smallest absolute Gasteiger partial charge is 0.271 e. The first-order valence-corrected chi connectivity index (χ1v) is 7.41. The molecule has 1 saturated heterocycles. The van der Waals surface area contributed by atoms with Crippen LogP contribution in [0.25, 0.3) is 0 Å². The number of rotatable bonds is 4. The van der Waals surface area contributed by atoms with Crippen LogP contribution in [0.15, 0.2) is 48.5 Å². The maximum absolute atomic E-state index is 12.6. The largest absolute Gasteiger partial charge is 0.373 e. The quantitative estimate of drug-likeness (QED) is 0.530. The third-order valence-corrected chi connectivity index (χ3v) is 3.90. The SMILES string of the molecule is Cc1ccccc1N1C(=O)CC(Nc2cccc([N+](=O)[O-])c2)C1=O. The van der Waals surface area contributed by atoms with Gasteiger partial charge in [-0.2, -0.15) is 0 Å². The third-order valence-electron chi connectivity index (χ3n) is 3.90. The molecule has 0 saturated carbocycles. The Labute approximate surface area is 138 Å². The van der Waals surface area contributed by atoms with Crippen LogP contribution in [0.1, 0.15) is 12.0 Å². The number of aryl methyl sites for hydroxylation is 1. The number of nitro groups is 1. The van der Waals surface area contributed by atoms with Crippen LogP contribution in [0.4, 0.5) is 17.1 Å². The van der Waals surface area contributed by atoms with Crippen LogP contribution in [0.3, 0.4) is 0 Å². The molecule has 1 heterocycles. The molecule has 2 amide bonds. The van der Waals surface area contributed by atoms with Crippen molar-refractivity contribution in [1.82, 2.24) is 0 Å². The van der Waals surface area contributed by atoms with E-state index in [2.05, 4.69) is 5.32 Å². The first-order valence-electron chi connectivity index (χ1n) is 7.41. The van der Waals surface area contributed by atoms with Gasteiger partial charge in [0, 0.05) is 17.8 Å². The maximum Gasteiger partial charge on any atom is 0.271 e. The summed E-state index contributed by atoms with van der Waals surface area (Å²) in [6, 6.07) is 12.3. The lowest BCUT2D eigenvalue weighted by atomic mass is 10.2. The average Bonchev–Trinajstić information content (AvgIpc) is 2.82. The molecule has 1 atom stereocenters. The zero-order valence-corrected chi connectivity index (χ0v) is 12.9. The molecule has 122 valence electrons. The van der Waals surface area contributed by atoms with Gasteiger partial charge in [0.15, 0.2) is 0 Å². The number of amides is 2. The van der Waals surface area contributed by atoms with Gasteiger partial charge in [-0.3, -0.25) is 19.7 Å². The van der Waals surface area contributed by atoms with Crippen molar-refractivity contribution in [3.05, 3.63) is 64.2 Å². The van der Waals surface area contributed by atoms with Crippen LogP contribution >= 0.6 is 0 Å². The van der Waals surface area contributed by atoms with Crippen LogP contribution < -0.4 is 10.2 Å². The van der Waals surface area contributed by atoms with E-state index in [-0.39, 0.29) is 23.9 Å². The topological polar surface area (TPSA) is 92.6 Å². The molecule has 2 aromatic carbocycles. The number of carbonyl (C=O) groups excluding carboxylic acids is 2. The van der Waals surface area contributed by atoms with Gasteiger partial charge in [-0.05, 0) is 24.6 Å². The van der Waals surface area contributed by atoms with Crippen molar-refractivity contribution in [3.8, 4) is 0 Å². The monoisotopic (exact) mass is 325 g/mol. The highest BCUT2D eigenvalue weighted by Crippen LogP contribution is 2.28. The number of nitrogens with zero attached hydrogens (tertiary/aromatic N) is 2. The number of nitrogens with one attached hydrogen (secondary N) is 1. The summed E-state index contributed by atoms with van der Waals surface area (Å²) in [4.78, 5) is 36.4. The number of hydrogen-bond donors (Lipinski definition) is 1. The zero-order valence-electron chi connectivity index (χ0n) is 12.9. The highest BCUT2D eigenvalue weighted by Gasteiger charge is 2.40. The van der Waals surface area contributed by atoms with Gasteiger partial charge in [0.1, 0.15) is 6.04 Å². The summed E-state index contributed by atoms with van der Waals surface area (Å²) in [6.45, 7) is 1.83. The molecule has 24 heavy (non-hydrogen) atoms. The molecule has 0 radical (unpaired) electrons. The van der Waals surface area contributed by atoms with E-state index < -0.39 is 11.0 Å². The number of anilines is 2. The first-order chi connectivity index (χ1) is 11.5. The molecule has 1 aliphatic rings. The lowest BCUT2D eigenvalue weighted by Gasteiger charge is -2.18. The fraction of sp³-hybridized carbons (Fsp3) is 0.176. The number of non-ortho nitro benzene ring substituents is 1. The van der Waals surface area contributed by atoms with Crippen LogP contribution in [0.2, 0.25) is 0 Å². The molecule has 0 bridgehead atoms. The van der Waals surface area contributed by atoms with E-state index >= 15 is 0 Å². The molecule has 7 nitrogen and oxygen atoms in total. The second-order valence-electron chi connectivity index (χ2n) is 5.56. The Morgan fingerprint density at radius 1 is 1.17 bits per heavy atom. The number of para-hydroxylation sites is 1. The van der Waals surface area contributed by atoms with Crippen molar-refractivity contribution in [2.24, 2.45) is 0 Å². The molecule has 2 aromatic rings. The summed E-state index contributed by atoms with van der Waals surface area (Å²) in [6.07, 6.45) is 0.00978. The number of nitro benzene ring substituents is 1. The molecule has 1 N–H and O–H groups in total. The predicted molar refractivity (Wildman–Crippen MR) is 88.8 cm³/mol. The molecule has 1 aliphatic heterocycles. The van der Waals surface area contributed by atoms with Crippen molar-refractivity contribution in [2.75, 3.05) is 10.2 Å². The van der Waals surface area contributed by atoms with Gasteiger partial charge in [-0.15, -0.1) is 0 Å². The van der Waals surface area contributed by atoms with Crippen molar-refractivity contribution in [2.45, 2.75) is 19.4 Å². The lowest BCUT2D eigenvalue weighted by molar-refractivity contribution is -0.384. The summed E-state index contributed by atoms with van der Waals surface area (Å²) >= 11 is 0. The molecular weight excluding hydrogens is 310 g/mol. The molecule has 7 heteroatoms. The van der Waals surface area contributed by atoms with E-state index in [0.29, 0.717) is 11.4 Å². The van der Waals surface area contributed by atoms with Gasteiger partial charge >= 0.3 is 0 Å². The van der Waals surface area contributed by atoms with E-state index in [0.717, 1.165) is 5.56 Å². The molecular formula is C17H15N3O4. The first kappa shape index (κ1) is 15.7. The Kier molecular flexibility index (Phi) is 3.99. The minimum atomic E-state index is -0.737. The number of carbonyl (C=O) groups is 2. The van der Waals surface area contributed by atoms with Crippen LogP contribution in [0, 0.1) is 17.0 Å². The van der Waals surface area contributed by atoms with E-state index in [1.807, 2.05) is 19.1 Å². The summed E-state index contributed by atoms with van der Waals surface area (Å²) in [5.41, 5.74) is 1.75. The van der Waals surface area contributed by atoms with Gasteiger partial charge in [-0.25, -0.2) is 4.90 Å². The van der Waals surface area contributed by atoms with Crippen LogP contribution in [-0.4, -0.2) is 22.8 Å². The zero-order chi connectivity index (χ0) is 17.3. The van der Waals surface area contributed by atoms with Gasteiger partial charge in [-0.1, -0.05) is 24.3 Å². The van der Waals surface area contributed by atoms with Crippen molar-refractivity contribution >= 4 is 28.9 Å². The van der Waals surface area contributed by atoms with Gasteiger partial charge < -0.3 is 5.32 Å². The molecule has 0 spiro atoms. The fourth-order valence-electron chi connectivity index (χ4n) is 2.72. The van der Waals surface area contributed by atoms with Gasteiger partial charge in [0.25, 0.3) is 11.6 Å². The number of benzene rings is 2. The van der Waals surface area contributed by atoms with Crippen molar-refractivity contribution in [1.29, 1.82) is 0 Å². The van der Waals surface area contributed by atoms with E-state index in [9.17, 15) is 19.7 Å². The molecule has 1 fully saturated rings. The normalized spacial score (nSPS) is 17.2. The Hall–Kier alpha value is -3.22. The maximum atomic E-state index is 12.6. The third kappa shape index (κ3) is 2.83. The Morgan fingerprint density at radius 3 is 2.62 bits per heavy atom. The van der Waals surface area contributed by atoms with Crippen molar-refractivity contribution in [3.63, 3.8) is 0 Å². The molecule has 3 rings (SSSR count). The number of imide groups is 1. The summed E-state index contributed by atoms with van der Waals surface area (Å²) in [7, 11) is 0. The molecule has 0 aliphatic carbocycles. The fourth-order valence-corrected chi connectivity index (χ4v) is 2.72. The van der Waals surface area contributed by atoms with Crippen LogP contribution in [-0.2, 0) is 9.59 Å². The van der Waals surface area contributed by atoms with Crippen LogP contribution in [0.5, 0.6) is 0 Å². The van der Waals surface area contributed by atoms with E-state index in [1.54, 1.807) is 18.2 Å². The standard InChI is InChI=1S/C17H15N3O4/c1-11-5-2-3-8-15(11)19-16(21)10-14(17(19)22)18-12-6-4-7-13(9-12)20(23)24/h2-9,14,18H,10H2,1H3. The predicted octanol–water partition coefficient (Wildman–Crippen LogP) is 2.65. The van der Waals surface area contributed by atoms with Crippen molar-refractivity contribution < 1.29 is 14.5 Å². The molecule has 0 aromatic heterocycles. The lowest BCUT2D eigenvalue weighted by Crippen LogP contribution is -2.35. The van der Waals surface area contributed by atoms with Gasteiger partial charge in [0.2, 0.25) is 5.91 Å². The van der Waals surface area contributed by atoms with E-state index in [4.69, 9.17) is 0 Å². The van der Waals surface area contributed by atoms with E-state index in [1.165, 1.54) is 23.1 Å². The second kappa shape index (κ2) is 6.11. The Bertz CT molecular complexity index is 834. The minimum Gasteiger partial charge on any atom is -0.373 e.